The first kappa shape index (κ1) is 15.7. The molecule has 0 aromatic heterocycles. The monoisotopic (exact) mass is 296 g/mol. The number of halogens is 1. The van der Waals surface area contributed by atoms with Gasteiger partial charge >= 0.3 is 0 Å². The summed E-state index contributed by atoms with van der Waals surface area (Å²) in [6, 6.07) is 4.24. The Morgan fingerprint density at radius 1 is 1.57 bits per heavy atom. The summed E-state index contributed by atoms with van der Waals surface area (Å²) in [5.41, 5.74) is 2.40. The number of rotatable bonds is 5. The van der Waals surface area contributed by atoms with Gasteiger partial charge < -0.3 is 15.5 Å². The number of amides is 1. The fourth-order valence-electron chi connectivity index (χ4n) is 2.35. The summed E-state index contributed by atoms with van der Waals surface area (Å²) in [5, 5.41) is 2.76. The van der Waals surface area contributed by atoms with Gasteiger partial charge in [-0.15, -0.1) is 0 Å². The highest BCUT2D eigenvalue weighted by Crippen LogP contribution is 2.18. The van der Waals surface area contributed by atoms with Crippen molar-refractivity contribution >= 4 is 11.6 Å². The molecule has 1 aliphatic heterocycles. The van der Waals surface area contributed by atoms with Crippen LogP contribution in [0.25, 0.3) is 0 Å². The summed E-state index contributed by atoms with van der Waals surface area (Å²) in [6.45, 7) is 5.78. The molecule has 1 aromatic rings. The average molecular weight is 296 g/mol. The number of para-hydroxylation sites is 1. The predicted molar refractivity (Wildman–Crippen MR) is 78.4 cm³/mol. The number of hydrogen-bond donors (Lipinski definition) is 3. The fraction of sp³-hybridized carbons (Fsp3) is 0.500. The molecule has 1 amide bonds. The van der Waals surface area contributed by atoms with E-state index in [9.17, 15) is 9.18 Å². The van der Waals surface area contributed by atoms with Crippen LogP contribution in [-0.2, 0) is 4.74 Å². The number of likely N-dealkylation sites (N-methyl/N-ethyl adjacent to an activating group) is 1. The summed E-state index contributed by atoms with van der Waals surface area (Å²) in [5.74, 6) is 4.33. The number of nitrogens with zero attached hydrogens (tertiary/aromatic N) is 1. The van der Waals surface area contributed by atoms with Gasteiger partial charge in [-0.1, -0.05) is 13.0 Å². The van der Waals surface area contributed by atoms with Gasteiger partial charge in [-0.2, -0.15) is 0 Å². The zero-order valence-corrected chi connectivity index (χ0v) is 12.1. The predicted octanol–water partition coefficient (Wildman–Crippen LogP) is 0.562. The Morgan fingerprint density at radius 3 is 3.10 bits per heavy atom. The van der Waals surface area contributed by atoms with Gasteiger partial charge in [0.2, 0.25) is 0 Å². The summed E-state index contributed by atoms with van der Waals surface area (Å²) in [4.78, 5) is 14.4. The van der Waals surface area contributed by atoms with Crippen LogP contribution in [0.2, 0.25) is 0 Å². The summed E-state index contributed by atoms with van der Waals surface area (Å²) in [6.07, 6.45) is -0.0505. The van der Waals surface area contributed by atoms with Crippen molar-refractivity contribution in [2.75, 3.05) is 38.2 Å². The lowest BCUT2D eigenvalue weighted by atomic mass is 10.1. The molecule has 0 spiro atoms. The summed E-state index contributed by atoms with van der Waals surface area (Å²) >= 11 is 0. The lowest BCUT2D eigenvalue weighted by molar-refractivity contribution is -0.0246. The highest BCUT2D eigenvalue weighted by Gasteiger charge is 2.21. The smallest absolute Gasteiger partial charge is 0.253 e. The van der Waals surface area contributed by atoms with Gasteiger partial charge in [0.05, 0.1) is 24.0 Å². The quantitative estimate of drug-likeness (QED) is 0.546. The van der Waals surface area contributed by atoms with E-state index >= 15 is 0 Å². The van der Waals surface area contributed by atoms with Crippen molar-refractivity contribution in [3.05, 3.63) is 29.6 Å². The molecule has 1 heterocycles. The Kier molecular flexibility index (Phi) is 5.49. The van der Waals surface area contributed by atoms with Gasteiger partial charge in [-0.3, -0.25) is 15.5 Å². The Labute approximate surface area is 123 Å². The number of nitrogen functional groups attached to an aromatic ring is 1. The second-order valence-electron chi connectivity index (χ2n) is 4.90. The van der Waals surface area contributed by atoms with Crippen LogP contribution >= 0.6 is 0 Å². The van der Waals surface area contributed by atoms with Crippen LogP contribution in [-0.4, -0.2) is 49.7 Å². The molecule has 2 rings (SSSR count). The van der Waals surface area contributed by atoms with Crippen molar-refractivity contribution in [1.82, 2.24) is 10.2 Å². The lowest BCUT2D eigenvalue weighted by Crippen LogP contribution is -2.47. The van der Waals surface area contributed by atoms with E-state index in [4.69, 9.17) is 10.6 Å². The molecule has 7 heteroatoms. The first-order chi connectivity index (χ1) is 10.2. The maximum Gasteiger partial charge on any atom is 0.253 e. The van der Waals surface area contributed by atoms with E-state index in [0.29, 0.717) is 13.2 Å². The molecule has 116 valence electrons. The van der Waals surface area contributed by atoms with Gasteiger partial charge in [0, 0.05) is 19.6 Å². The number of nitrogens with two attached hydrogens (primary N) is 1. The molecular weight excluding hydrogens is 275 g/mol. The third-order valence-electron chi connectivity index (χ3n) is 3.56. The van der Waals surface area contributed by atoms with E-state index in [1.807, 2.05) is 0 Å². The molecule has 1 fully saturated rings. The Balaban J connectivity index is 1.94. The zero-order valence-electron chi connectivity index (χ0n) is 12.1. The van der Waals surface area contributed by atoms with Gasteiger partial charge in [-0.25, -0.2) is 4.39 Å². The van der Waals surface area contributed by atoms with E-state index in [2.05, 4.69) is 22.6 Å². The third kappa shape index (κ3) is 3.90. The average Bonchev–Trinajstić information content (AvgIpc) is 2.52. The number of nitrogens with one attached hydrogen (secondary N) is 2. The van der Waals surface area contributed by atoms with E-state index < -0.39 is 5.82 Å². The van der Waals surface area contributed by atoms with E-state index in [1.54, 1.807) is 0 Å². The van der Waals surface area contributed by atoms with Crippen LogP contribution in [0.15, 0.2) is 18.2 Å². The Morgan fingerprint density at radius 2 is 2.38 bits per heavy atom. The number of benzene rings is 1. The standard InChI is InChI=1S/C14H21FN4O2/c1-2-19-6-7-21-10(9-19)8-17-14(20)11-4-3-5-12(15)13(11)18-16/h3-5,10,18H,2,6-9,16H2,1H3,(H,17,20). The molecule has 1 aliphatic rings. The molecular formula is C14H21FN4O2. The van der Waals surface area contributed by atoms with Crippen molar-refractivity contribution < 1.29 is 13.9 Å². The SMILES string of the molecule is CCN1CCOC(CNC(=O)c2cccc(F)c2NN)C1. The molecule has 1 aromatic carbocycles. The number of hydrazine groups is 1. The first-order valence-electron chi connectivity index (χ1n) is 7.03. The van der Waals surface area contributed by atoms with Crippen molar-refractivity contribution in [2.45, 2.75) is 13.0 Å². The minimum atomic E-state index is -0.559. The Bertz CT molecular complexity index is 498. The molecule has 6 nitrogen and oxygen atoms in total. The molecule has 21 heavy (non-hydrogen) atoms. The lowest BCUT2D eigenvalue weighted by Gasteiger charge is -2.32. The first-order valence-corrected chi connectivity index (χ1v) is 7.03. The van der Waals surface area contributed by atoms with Crippen molar-refractivity contribution in [3.63, 3.8) is 0 Å². The number of carbonyl (C=O) groups is 1. The number of morpholine rings is 1. The summed E-state index contributed by atoms with van der Waals surface area (Å²) in [7, 11) is 0. The van der Waals surface area contributed by atoms with Crippen LogP contribution in [0.4, 0.5) is 10.1 Å². The topological polar surface area (TPSA) is 79.6 Å². The second-order valence-corrected chi connectivity index (χ2v) is 4.90. The molecule has 1 atom stereocenters. The molecule has 1 unspecified atom stereocenters. The normalized spacial score (nSPS) is 19.3. The van der Waals surface area contributed by atoms with Crippen molar-refractivity contribution in [1.29, 1.82) is 0 Å². The molecule has 0 bridgehead atoms. The number of ether oxygens (including phenoxy) is 1. The molecule has 0 aliphatic carbocycles. The fourth-order valence-corrected chi connectivity index (χ4v) is 2.35. The molecule has 1 saturated heterocycles. The highest BCUT2D eigenvalue weighted by molar-refractivity contribution is 5.99. The van der Waals surface area contributed by atoms with Crippen LogP contribution in [0.1, 0.15) is 17.3 Å². The van der Waals surface area contributed by atoms with E-state index in [1.165, 1.54) is 18.2 Å². The zero-order chi connectivity index (χ0) is 15.2. The minimum absolute atomic E-state index is 0.00486. The highest BCUT2D eigenvalue weighted by atomic mass is 19.1. The van der Waals surface area contributed by atoms with Crippen LogP contribution in [0, 0.1) is 5.82 Å². The van der Waals surface area contributed by atoms with Gasteiger partial charge in [-0.05, 0) is 18.7 Å². The maximum atomic E-state index is 13.5. The Hall–Kier alpha value is -1.70. The van der Waals surface area contributed by atoms with Crippen molar-refractivity contribution in [3.8, 4) is 0 Å². The van der Waals surface area contributed by atoms with Gasteiger partial charge in [0.1, 0.15) is 5.82 Å². The summed E-state index contributed by atoms with van der Waals surface area (Å²) < 4.78 is 19.2. The largest absolute Gasteiger partial charge is 0.374 e. The second kappa shape index (κ2) is 7.35. The maximum absolute atomic E-state index is 13.5. The number of anilines is 1. The number of carbonyl (C=O) groups excluding carboxylic acids is 1. The van der Waals surface area contributed by atoms with Crippen molar-refractivity contribution in [2.24, 2.45) is 5.84 Å². The van der Waals surface area contributed by atoms with Crippen LogP contribution in [0.5, 0.6) is 0 Å². The minimum Gasteiger partial charge on any atom is -0.374 e. The van der Waals surface area contributed by atoms with Gasteiger partial charge in [0.15, 0.2) is 0 Å². The van der Waals surface area contributed by atoms with E-state index in [0.717, 1.165) is 19.6 Å². The third-order valence-corrected chi connectivity index (χ3v) is 3.56. The number of hydrogen-bond acceptors (Lipinski definition) is 5. The van der Waals surface area contributed by atoms with Gasteiger partial charge in [0.25, 0.3) is 5.91 Å². The molecule has 0 saturated carbocycles. The van der Waals surface area contributed by atoms with Crippen LogP contribution in [0.3, 0.4) is 0 Å². The molecule has 4 N–H and O–H groups in total. The molecule has 0 radical (unpaired) electrons. The van der Waals surface area contributed by atoms with E-state index in [-0.39, 0.29) is 23.3 Å². The van der Waals surface area contributed by atoms with Crippen LogP contribution < -0.4 is 16.6 Å².